The maximum Gasteiger partial charge on any atom is 0.234 e. The average molecular weight is 532 g/mol. The number of carbonyl (C=O) groups excluding carboxylic acids is 1. The molecule has 0 saturated heterocycles. The summed E-state index contributed by atoms with van der Waals surface area (Å²) in [5.74, 6) is 0.654. The highest BCUT2D eigenvalue weighted by Gasteiger charge is 2.23. The largest absolute Gasteiger partial charge is 0.325 e. The van der Waals surface area contributed by atoms with Crippen LogP contribution in [0.2, 0.25) is 10.0 Å². The highest BCUT2D eigenvalue weighted by Crippen LogP contribution is 2.41. The zero-order chi connectivity index (χ0) is 23.8. The van der Waals surface area contributed by atoms with Gasteiger partial charge in [0, 0.05) is 16.8 Å². The van der Waals surface area contributed by atoms with Crippen LogP contribution in [0.3, 0.4) is 0 Å². The molecule has 176 valence electrons. The van der Waals surface area contributed by atoms with Gasteiger partial charge in [0.2, 0.25) is 5.91 Å². The fraction of sp³-hybridized carbons (Fsp3) is 0.360. The van der Waals surface area contributed by atoms with Crippen LogP contribution in [0.15, 0.2) is 29.6 Å². The molecule has 0 fully saturated rings. The molecular formula is C25H24Cl2N4OS2. The van der Waals surface area contributed by atoms with E-state index in [9.17, 15) is 4.79 Å². The molecule has 0 aliphatic heterocycles. The highest BCUT2D eigenvalue weighted by atomic mass is 35.5. The number of nitrogens with one attached hydrogen (secondary N) is 1. The second-order valence-corrected chi connectivity index (χ2v) is 11.7. The predicted molar refractivity (Wildman–Crippen MR) is 144 cm³/mol. The molecule has 0 atom stereocenters. The van der Waals surface area contributed by atoms with Gasteiger partial charge in [-0.1, -0.05) is 48.8 Å². The van der Waals surface area contributed by atoms with Crippen molar-refractivity contribution in [1.29, 1.82) is 0 Å². The Balaban J connectivity index is 1.45. The zero-order valence-corrected chi connectivity index (χ0v) is 22.1. The number of amides is 1. The number of rotatable bonds is 6. The van der Waals surface area contributed by atoms with Crippen molar-refractivity contribution in [2.75, 3.05) is 11.1 Å². The van der Waals surface area contributed by atoms with Gasteiger partial charge >= 0.3 is 0 Å². The standard InChI is InChI=1S/C25H24Cl2N4OS2/c1-13(2)9-19-15-5-3-4-6-16(15)21-22-23(34-24(21)31-19)25(29-12-28-22)33-11-20(32)30-14-7-8-17(26)18(27)10-14/h7-8,10,12-13H,3-6,9,11H2,1-2H3,(H,30,32). The van der Waals surface area contributed by atoms with Gasteiger partial charge in [0.1, 0.15) is 16.2 Å². The van der Waals surface area contributed by atoms with Crippen LogP contribution in [0.4, 0.5) is 5.69 Å². The summed E-state index contributed by atoms with van der Waals surface area (Å²) < 4.78 is 1.01. The summed E-state index contributed by atoms with van der Waals surface area (Å²) in [6, 6.07) is 5.04. The summed E-state index contributed by atoms with van der Waals surface area (Å²) in [6.07, 6.45) is 7.19. The normalized spacial score (nSPS) is 13.6. The van der Waals surface area contributed by atoms with E-state index in [1.54, 1.807) is 35.9 Å². The molecule has 34 heavy (non-hydrogen) atoms. The third kappa shape index (κ3) is 4.76. The SMILES string of the molecule is CC(C)Cc1nc2sc3c(SCC(=O)Nc4ccc(Cl)c(Cl)c4)ncnc3c2c2c1CCCC2. The van der Waals surface area contributed by atoms with Gasteiger partial charge in [-0.05, 0) is 67.3 Å². The maximum absolute atomic E-state index is 12.6. The first-order valence-corrected chi connectivity index (χ1v) is 13.9. The number of aromatic nitrogens is 3. The lowest BCUT2D eigenvalue weighted by molar-refractivity contribution is -0.113. The Labute approximate surface area is 216 Å². The van der Waals surface area contributed by atoms with E-state index in [0.29, 0.717) is 21.7 Å². The smallest absolute Gasteiger partial charge is 0.234 e. The van der Waals surface area contributed by atoms with Crippen LogP contribution in [-0.4, -0.2) is 26.6 Å². The number of benzene rings is 1. The maximum atomic E-state index is 12.6. The van der Waals surface area contributed by atoms with Crippen molar-refractivity contribution in [2.24, 2.45) is 5.92 Å². The van der Waals surface area contributed by atoms with Crippen LogP contribution in [0, 0.1) is 5.92 Å². The molecule has 1 aliphatic carbocycles. The van der Waals surface area contributed by atoms with Crippen molar-refractivity contribution in [3.8, 4) is 0 Å². The Morgan fingerprint density at radius 2 is 1.94 bits per heavy atom. The second kappa shape index (κ2) is 9.97. The molecular weight excluding hydrogens is 507 g/mol. The molecule has 1 amide bonds. The number of aryl methyl sites for hydroxylation is 1. The van der Waals surface area contributed by atoms with Crippen LogP contribution < -0.4 is 5.32 Å². The number of halogens is 2. The van der Waals surface area contributed by atoms with Gasteiger partial charge in [0.15, 0.2) is 0 Å². The van der Waals surface area contributed by atoms with Crippen molar-refractivity contribution in [3.05, 3.63) is 51.4 Å². The first-order chi connectivity index (χ1) is 16.4. The molecule has 5 rings (SSSR count). The van der Waals surface area contributed by atoms with E-state index in [-0.39, 0.29) is 11.7 Å². The van der Waals surface area contributed by atoms with Crippen molar-refractivity contribution in [2.45, 2.75) is 51.0 Å². The van der Waals surface area contributed by atoms with E-state index >= 15 is 0 Å². The van der Waals surface area contributed by atoms with Gasteiger partial charge in [0.25, 0.3) is 0 Å². The van der Waals surface area contributed by atoms with Crippen LogP contribution in [0.5, 0.6) is 0 Å². The Bertz CT molecular complexity index is 1400. The Morgan fingerprint density at radius 1 is 1.15 bits per heavy atom. The minimum Gasteiger partial charge on any atom is -0.325 e. The lowest BCUT2D eigenvalue weighted by atomic mass is 9.87. The molecule has 0 saturated carbocycles. The topological polar surface area (TPSA) is 67.8 Å². The second-order valence-electron chi connectivity index (χ2n) is 8.93. The number of hydrogen-bond donors (Lipinski definition) is 1. The average Bonchev–Trinajstić information content (AvgIpc) is 3.19. The molecule has 9 heteroatoms. The lowest BCUT2D eigenvalue weighted by Crippen LogP contribution is -2.14. The van der Waals surface area contributed by atoms with Crippen LogP contribution >= 0.6 is 46.3 Å². The first-order valence-electron chi connectivity index (χ1n) is 11.4. The summed E-state index contributed by atoms with van der Waals surface area (Å²) in [7, 11) is 0. The number of nitrogens with zero attached hydrogens (tertiary/aromatic N) is 3. The van der Waals surface area contributed by atoms with E-state index in [0.717, 1.165) is 39.3 Å². The minimum absolute atomic E-state index is 0.133. The molecule has 5 nitrogen and oxygen atoms in total. The van der Waals surface area contributed by atoms with E-state index in [1.165, 1.54) is 46.8 Å². The number of pyridine rings is 1. The molecule has 0 radical (unpaired) electrons. The van der Waals surface area contributed by atoms with Gasteiger partial charge < -0.3 is 5.32 Å². The first kappa shape index (κ1) is 23.8. The number of fused-ring (bicyclic) bond motifs is 5. The van der Waals surface area contributed by atoms with Gasteiger partial charge in [0.05, 0.1) is 26.0 Å². The van der Waals surface area contributed by atoms with Crippen LogP contribution in [0.25, 0.3) is 20.4 Å². The Kier molecular flexibility index (Phi) is 6.98. The molecule has 0 unspecified atom stereocenters. The van der Waals surface area contributed by atoms with Crippen LogP contribution in [0.1, 0.15) is 43.5 Å². The quantitative estimate of drug-likeness (QED) is 0.208. The molecule has 3 aromatic heterocycles. The van der Waals surface area contributed by atoms with Gasteiger partial charge in [-0.2, -0.15) is 0 Å². The molecule has 1 aliphatic rings. The van der Waals surface area contributed by atoms with Crippen LogP contribution in [-0.2, 0) is 24.1 Å². The van der Waals surface area contributed by atoms with Crippen molar-refractivity contribution in [3.63, 3.8) is 0 Å². The van der Waals surface area contributed by atoms with Crippen molar-refractivity contribution >= 4 is 78.3 Å². The summed E-state index contributed by atoms with van der Waals surface area (Å²) in [5, 5.41) is 5.72. The van der Waals surface area contributed by atoms with E-state index in [1.807, 2.05) is 0 Å². The zero-order valence-electron chi connectivity index (χ0n) is 19.0. The summed E-state index contributed by atoms with van der Waals surface area (Å²) in [4.78, 5) is 27.9. The minimum atomic E-state index is -0.133. The molecule has 1 aromatic carbocycles. The number of anilines is 1. The van der Waals surface area contributed by atoms with E-state index in [2.05, 4.69) is 29.1 Å². The fourth-order valence-electron chi connectivity index (χ4n) is 4.48. The Hall–Kier alpha value is -1.93. The molecule has 0 bridgehead atoms. The van der Waals surface area contributed by atoms with Crippen molar-refractivity contribution in [1.82, 2.24) is 15.0 Å². The molecule has 3 heterocycles. The van der Waals surface area contributed by atoms with Gasteiger partial charge in [-0.15, -0.1) is 11.3 Å². The predicted octanol–water partition coefficient (Wildman–Crippen LogP) is 7.35. The van der Waals surface area contributed by atoms with E-state index < -0.39 is 0 Å². The fourth-order valence-corrected chi connectivity index (χ4v) is 6.83. The summed E-state index contributed by atoms with van der Waals surface area (Å²) >= 11 is 15.1. The molecule has 1 N–H and O–H groups in total. The van der Waals surface area contributed by atoms with Crippen molar-refractivity contribution < 1.29 is 4.79 Å². The monoisotopic (exact) mass is 530 g/mol. The van der Waals surface area contributed by atoms with Gasteiger partial charge in [-0.3, -0.25) is 4.79 Å². The third-order valence-corrected chi connectivity index (χ3v) is 8.86. The summed E-state index contributed by atoms with van der Waals surface area (Å²) in [5.41, 5.74) is 5.67. The number of thioether (sulfide) groups is 1. The summed E-state index contributed by atoms with van der Waals surface area (Å²) in [6.45, 7) is 4.49. The number of carbonyl (C=O) groups is 1. The number of thiophene rings is 1. The number of hydrogen-bond acceptors (Lipinski definition) is 6. The molecule has 4 aromatic rings. The van der Waals surface area contributed by atoms with Gasteiger partial charge in [-0.25, -0.2) is 15.0 Å². The molecule has 0 spiro atoms. The third-order valence-electron chi connectivity index (χ3n) is 5.92. The Morgan fingerprint density at radius 3 is 2.71 bits per heavy atom. The highest BCUT2D eigenvalue weighted by molar-refractivity contribution is 8.00. The lowest BCUT2D eigenvalue weighted by Gasteiger charge is -2.20. The van der Waals surface area contributed by atoms with E-state index in [4.69, 9.17) is 28.2 Å².